The van der Waals surface area contributed by atoms with Crippen molar-refractivity contribution in [2.45, 2.75) is 39.3 Å². The van der Waals surface area contributed by atoms with Gasteiger partial charge in [-0.05, 0) is 37.9 Å². The molecule has 1 aromatic rings. The topological polar surface area (TPSA) is 33.1 Å². The molecule has 1 aliphatic heterocycles. The molecular formula is C14H26N4. The first-order valence-corrected chi connectivity index (χ1v) is 7.07. The summed E-state index contributed by atoms with van der Waals surface area (Å²) in [6.45, 7) is 9.00. The zero-order valence-electron chi connectivity index (χ0n) is 11.9. The van der Waals surface area contributed by atoms with E-state index in [0.717, 1.165) is 19.0 Å². The van der Waals surface area contributed by atoms with Gasteiger partial charge < -0.3 is 5.32 Å². The van der Waals surface area contributed by atoms with E-state index in [-0.39, 0.29) is 0 Å². The summed E-state index contributed by atoms with van der Waals surface area (Å²) in [7, 11) is 1.98. The molecule has 0 saturated carbocycles. The highest BCUT2D eigenvalue weighted by Crippen LogP contribution is 2.17. The second-order valence-electron chi connectivity index (χ2n) is 5.79. The van der Waals surface area contributed by atoms with Gasteiger partial charge in [-0.25, -0.2) is 0 Å². The van der Waals surface area contributed by atoms with Crippen molar-refractivity contribution >= 4 is 0 Å². The Balaban J connectivity index is 1.79. The molecule has 1 aliphatic rings. The number of hydrogen-bond acceptors (Lipinski definition) is 3. The van der Waals surface area contributed by atoms with Gasteiger partial charge in [-0.2, -0.15) is 5.10 Å². The summed E-state index contributed by atoms with van der Waals surface area (Å²) >= 11 is 0. The Morgan fingerprint density at radius 3 is 3.00 bits per heavy atom. The van der Waals surface area contributed by atoms with Crippen LogP contribution in [0, 0.1) is 5.92 Å². The predicted molar refractivity (Wildman–Crippen MR) is 74.3 cm³/mol. The van der Waals surface area contributed by atoms with Crippen LogP contribution in [0.4, 0.5) is 0 Å². The molecular weight excluding hydrogens is 224 g/mol. The Morgan fingerprint density at radius 2 is 2.33 bits per heavy atom. The molecule has 0 radical (unpaired) electrons. The third-order valence-corrected chi connectivity index (χ3v) is 3.57. The van der Waals surface area contributed by atoms with Crippen molar-refractivity contribution in [1.29, 1.82) is 0 Å². The zero-order valence-corrected chi connectivity index (χ0v) is 11.9. The number of nitrogens with one attached hydrogen (secondary N) is 1. The molecule has 2 heterocycles. The van der Waals surface area contributed by atoms with Crippen LogP contribution in [0.1, 0.15) is 32.4 Å². The summed E-state index contributed by atoms with van der Waals surface area (Å²) in [6.07, 6.45) is 4.70. The fourth-order valence-electron chi connectivity index (χ4n) is 2.64. The molecule has 18 heavy (non-hydrogen) atoms. The lowest BCUT2D eigenvalue weighted by atomic mass is 9.97. The Hall–Kier alpha value is -0.870. The van der Waals surface area contributed by atoms with Crippen LogP contribution < -0.4 is 5.32 Å². The second kappa shape index (κ2) is 6.34. The van der Waals surface area contributed by atoms with E-state index in [2.05, 4.69) is 35.2 Å². The highest BCUT2D eigenvalue weighted by molar-refractivity contribution is 4.98. The standard InChI is InChI=1S/C14H26N4/c1-12(2)15-9-13-5-4-7-18(10-13)11-14-6-8-17(3)16-14/h6,8,12-13,15H,4-5,7,9-11H2,1-3H3. The first-order chi connectivity index (χ1) is 8.63. The molecule has 1 N–H and O–H groups in total. The number of nitrogens with zero attached hydrogens (tertiary/aromatic N) is 3. The van der Waals surface area contributed by atoms with Crippen molar-refractivity contribution in [2.75, 3.05) is 19.6 Å². The molecule has 0 bridgehead atoms. The quantitative estimate of drug-likeness (QED) is 0.862. The monoisotopic (exact) mass is 250 g/mol. The van der Waals surface area contributed by atoms with Crippen LogP contribution in [0.3, 0.4) is 0 Å². The third-order valence-electron chi connectivity index (χ3n) is 3.57. The minimum atomic E-state index is 0.594. The van der Waals surface area contributed by atoms with E-state index in [1.54, 1.807) is 0 Å². The summed E-state index contributed by atoms with van der Waals surface area (Å²) < 4.78 is 1.89. The molecule has 1 saturated heterocycles. The molecule has 102 valence electrons. The fraction of sp³-hybridized carbons (Fsp3) is 0.786. The van der Waals surface area contributed by atoms with Crippen LogP contribution in [-0.2, 0) is 13.6 Å². The molecule has 0 spiro atoms. The SMILES string of the molecule is CC(C)NCC1CCCN(Cc2ccn(C)n2)C1. The van der Waals surface area contributed by atoms with Gasteiger partial charge in [-0.3, -0.25) is 9.58 Å². The van der Waals surface area contributed by atoms with Gasteiger partial charge in [0.25, 0.3) is 0 Å². The van der Waals surface area contributed by atoms with Crippen LogP contribution in [0.25, 0.3) is 0 Å². The van der Waals surface area contributed by atoms with Crippen LogP contribution in [0.15, 0.2) is 12.3 Å². The first kappa shape index (κ1) is 13.6. The van der Waals surface area contributed by atoms with Crippen molar-refractivity contribution in [3.63, 3.8) is 0 Å². The maximum Gasteiger partial charge on any atom is 0.0764 e. The van der Waals surface area contributed by atoms with Gasteiger partial charge in [0.2, 0.25) is 0 Å². The summed E-state index contributed by atoms with van der Waals surface area (Å²) in [5.41, 5.74) is 1.19. The van der Waals surface area contributed by atoms with Crippen molar-refractivity contribution in [1.82, 2.24) is 20.0 Å². The van der Waals surface area contributed by atoms with Crippen molar-refractivity contribution in [2.24, 2.45) is 13.0 Å². The second-order valence-corrected chi connectivity index (χ2v) is 5.79. The number of hydrogen-bond donors (Lipinski definition) is 1. The molecule has 1 aromatic heterocycles. The van der Waals surface area contributed by atoms with E-state index in [9.17, 15) is 0 Å². The third kappa shape index (κ3) is 4.10. The largest absolute Gasteiger partial charge is 0.314 e. The summed E-state index contributed by atoms with van der Waals surface area (Å²) in [5, 5.41) is 8.02. The lowest BCUT2D eigenvalue weighted by Gasteiger charge is -2.32. The van der Waals surface area contributed by atoms with Gasteiger partial charge in [-0.15, -0.1) is 0 Å². The Bertz CT molecular complexity index is 358. The van der Waals surface area contributed by atoms with Gasteiger partial charge in [0.1, 0.15) is 0 Å². The maximum absolute atomic E-state index is 4.46. The first-order valence-electron chi connectivity index (χ1n) is 7.07. The van der Waals surface area contributed by atoms with Crippen molar-refractivity contribution in [3.8, 4) is 0 Å². The predicted octanol–water partition coefficient (Wildman–Crippen LogP) is 1.63. The van der Waals surface area contributed by atoms with Crippen LogP contribution >= 0.6 is 0 Å². The smallest absolute Gasteiger partial charge is 0.0764 e. The maximum atomic E-state index is 4.46. The lowest BCUT2D eigenvalue weighted by molar-refractivity contribution is 0.162. The molecule has 4 nitrogen and oxygen atoms in total. The van der Waals surface area contributed by atoms with Crippen LogP contribution in [-0.4, -0.2) is 40.4 Å². The van der Waals surface area contributed by atoms with E-state index in [0.29, 0.717) is 6.04 Å². The Kier molecular flexibility index (Phi) is 4.78. The molecule has 0 aromatic carbocycles. The van der Waals surface area contributed by atoms with E-state index in [1.165, 1.54) is 31.6 Å². The van der Waals surface area contributed by atoms with Gasteiger partial charge >= 0.3 is 0 Å². The van der Waals surface area contributed by atoms with Crippen LogP contribution in [0.2, 0.25) is 0 Å². The van der Waals surface area contributed by atoms with Crippen molar-refractivity contribution in [3.05, 3.63) is 18.0 Å². The Labute approximate surface area is 110 Å². The van der Waals surface area contributed by atoms with E-state index < -0.39 is 0 Å². The molecule has 0 amide bonds. The van der Waals surface area contributed by atoms with Crippen LogP contribution in [0.5, 0.6) is 0 Å². The summed E-state index contributed by atoms with van der Waals surface area (Å²) in [6, 6.07) is 2.71. The number of piperidine rings is 1. The molecule has 1 fully saturated rings. The van der Waals surface area contributed by atoms with Crippen molar-refractivity contribution < 1.29 is 0 Å². The summed E-state index contributed by atoms with van der Waals surface area (Å²) in [5.74, 6) is 0.796. The average molecular weight is 250 g/mol. The zero-order chi connectivity index (χ0) is 13.0. The van der Waals surface area contributed by atoms with Gasteiger partial charge in [0.15, 0.2) is 0 Å². The minimum Gasteiger partial charge on any atom is -0.314 e. The van der Waals surface area contributed by atoms with E-state index >= 15 is 0 Å². The normalized spacial score (nSPS) is 21.7. The fourth-order valence-corrected chi connectivity index (χ4v) is 2.64. The van der Waals surface area contributed by atoms with Gasteiger partial charge in [0, 0.05) is 32.4 Å². The highest BCUT2D eigenvalue weighted by atomic mass is 15.3. The minimum absolute atomic E-state index is 0.594. The van der Waals surface area contributed by atoms with E-state index in [4.69, 9.17) is 0 Å². The van der Waals surface area contributed by atoms with E-state index in [1.807, 2.05) is 17.9 Å². The molecule has 0 aliphatic carbocycles. The number of rotatable bonds is 5. The highest BCUT2D eigenvalue weighted by Gasteiger charge is 2.20. The Morgan fingerprint density at radius 1 is 1.50 bits per heavy atom. The average Bonchev–Trinajstić information content (AvgIpc) is 2.73. The number of aromatic nitrogens is 2. The lowest BCUT2D eigenvalue weighted by Crippen LogP contribution is -2.40. The number of likely N-dealkylation sites (tertiary alicyclic amines) is 1. The summed E-state index contributed by atoms with van der Waals surface area (Å²) in [4.78, 5) is 2.54. The molecule has 4 heteroatoms. The number of aryl methyl sites for hydroxylation is 1. The molecule has 2 rings (SSSR count). The van der Waals surface area contributed by atoms with Gasteiger partial charge in [0.05, 0.1) is 5.69 Å². The molecule has 1 unspecified atom stereocenters. The molecule has 1 atom stereocenters. The van der Waals surface area contributed by atoms with Gasteiger partial charge in [-0.1, -0.05) is 13.8 Å².